The summed E-state index contributed by atoms with van der Waals surface area (Å²) in [5.74, 6) is -0.662. The molecule has 0 fully saturated rings. The van der Waals surface area contributed by atoms with Gasteiger partial charge in [-0.1, -0.05) is 12.1 Å². The predicted octanol–water partition coefficient (Wildman–Crippen LogP) is 3.05. The van der Waals surface area contributed by atoms with Crippen molar-refractivity contribution in [1.29, 1.82) is 0 Å². The number of benzene rings is 2. The molecule has 2 aromatic carbocycles. The molecule has 4 nitrogen and oxygen atoms in total. The number of fused-ring (bicyclic) bond motifs is 2. The van der Waals surface area contributed by atoms with Crippen molar-refractivity contribution in [2.24, 2.45) is 0 Å². The zero-order chi connectivity index (χ0) is 15.0. The van der Waals surface area contributed by atoms with E-state index in [1.165, 1.54) is 11.0 Å². The zero-order valence-electron chi connectivity index (χ0n) is 10.9. The molecule has 1 aliphatic rings. The highest BCUT2D eigenvalue weighted by atomic mass is 32.2. The van der Waals surface area contributed by atoms with E-state index in [-0.39, 0.29) is 17.1 Å². The fourth-order valence-electron chi connectivity index (χ4n) is 2.38. The minimum absolute atomic E-state index is 0.0210. The molecule has 0 saturated heterocycles. The number of hydrogen-bond acceptors (Lipinski definition) is 3. The number of nitrogens with zero attached hydrogens (tertiary/aromatic N) is 1. The molecule has 1 N–H and O–H groups in total. The summed E-state index contributed by atoms with van der Waals surface area (Å²) in [7, 11) is -3.92. The van der Waals surface area contributed by atoms with Crippen LogP contribution in [0.2, 0.25) is 0 Å². The molecule has 0 radical (unpaired) electrons. The Morgan fingerprint density at radius 3 is 2.62 bits per heavy atom. The van der Waals surface area contributed by atoms with Crippen LogP contribution in [0, 0.1) is 5.82 Å². The van der Waals surface area contributed by atoms with Gasteiger partial charge in [0.15, 0.2) is 0 Å². The van der Waals surface area contributed by atoms with E-state index >= 15 is 0 Å². The monoisotopic (exact) mass is 310 g/mol. The zero-order valence-corrected chi connectivity index (χ0v) is 11.7. The minimum atomic E-state index is -3.92. The van der Waals surface area contributed by atoms with Gasteiger partial charge in [-0.2, -0.15) is 0 Å². The van der Waals surface area contributed by atoms with Gasteiger partial charge in [-0.3, -0.25) is 4.72 Å². The number of nitrogens with one attached hydrogen (secondary N) is 1. The van der Waals surface area contributed by atoms with Gasteiger partial charge in [0.2, 0.25) is 0 Å². The molecular formula is C14H12F2N2O2S. The molecule has 0 unspecified atom stereocenters. The van der Waals surface area contributed by atoms with Crippen LogP contribution >= 0.6 is 0 Å². The van der Waals surface area contributed by atoms with E-state index in [0.29, 0.717) is 11.4 Å². The van der Waals surface area contributed by atoms with Crippen molar-refractivity contribution >= 4 is 27.1 Å². The molecule has 0 aliphatic carbocycles. The topological polar surface area (TPSA) is 49.4 Å². The number of alkyl halides is 1. The van der Waals surface area contributed by atoms with Gasteiger partial charge in [-0.05, 0) is 30.3 Å². The van der Waals surface area contributed by atoms with Crippen molar-refractivity contribution in [3.63, 3.8) is 0 Å². The predicted molar refractivity (Wildman–Crippen MR) is 76.6 cm³/mol. The van der Waals surface area contributed by atoms with Crippen LogP contribution in [0.3, 0.4) is 0 Å². The molecule has 0 spiro atoms. The second-order valence-corrected chi connectivity index (χ2v) is 6.23. The number of anilines is 3. The van der Waals surface area contributed by atoms with Crippen molar-refractivity contribution in [2.75, 3.05) is 22.8 Å². The summed E-state index contributed by atoms with van der Waals surface area (Å²) in [5.41, 5.74) is 1.12. The Hall–Kier alpha value is -2.15. The van der Waals surface area contributed by atoms with Crippen molar-refractivity contribution < 1.29 is 17.2 Å². The second kappa shape index (κ2) is 5.00. The third kappa shape index (κ3) is 2.33. The van der Waals surface area contributed by atoms with Crippen molar-refractivity contribution in [1.82, 2.24) is 0 Å². The maximum Gasteiger partial charge on any atom is 0.264 e. The number of rotatable bonds is 2. The van der Waals surface area contributed by atoms with Crippen molar-refractivity contribution in [2.45, 2.75) is 4.90 Å². The largest absolute Gasteiger partial charge is 0.336 e. The fourth-order valence-corrected chi connectivity index (χ4v) is 3.67. The molecule has 0 atom stereocenters. The van der Waals surface area contributed by atoms with E-state index < -0.39 is 22.5 Å². The molecule has 110 valence electrons. The quantitative estimate of drug-likeness (QED) is 0.927. The maximum absolute atomic E-state index is 13.4. The van der Waals surface area contributed by atoms with Gasteiger partial charge >= 0.3 is 0 Å². The van der Waals surface area contributed by atoms with Gasteiger partial charge < -0.3 is 4.90 Å². The van der Waals surface area contributed by atoms with Crippen LogP contribution in [0.25, 0.3) is 0 Å². The number of sulfonamides is 1. The van der Waals surface area contributed by atoms with Gasteiger partial charge in [0.1, 0.15) is 17.4 Å². The van der Waals surface area contributed by atoms with E-state index in [0.717, 1.165) is 12.1 Å². The molecule has 7 heteroatoms. The van der Waals surface area contributed by atoms with Gasteiger partial charge in [0, 0.05) is 0 Å². The third-order valence-electron chi connectivity index (χ3n) is 3.25. The molecule has 21 heavy (non-hydrogen) atoms. The molecule has 0 saturated carbocycles. The number of halogens is 2. The minimum Gasteiger partial charge on any atom is -0.336 e. The Bertz CT molecular complexity index is 793. The molecule has 0 aromatic heterocycles. The van der Waals surface area contributed by atoms with Gasteiger partial charge in [-0.15, -0.1) is 0 Å². The first-order valence-electron chi connectivity index (χ1n) is 6.28. The van der Waals surface area contributed by atoms with Crippen molar-refractivity contribution in [3.05, 3.63) is 48.3 Å². The van der Waals surface area contributed by atoms with Crippen LogP contribution in [0.15, 0.2) is 47.4 Å². The smallest absolute Gasteiger partial charge is 0.264 e. The first-order valence-corrected chi connectivity index (χ1v) is 7.76. The standard InChI is InChI=1S/C14H12F2N2O2S/c15-7-8-18-12-4-2-1-3-11(12)17-21(19,20)14-9-10(16)5-6-13(14)18/h1-6,9,17H,7-8H2. The number of hydrogen-bond donors (Lipinski definition) is 1. The summed E-state index contributed by atoms with van der Waals surface area (Å²) < 4.78 is 53.4. The van der Waals surface area contributed by atoms with Crippen LogP contribution in [0.5, 0.6) is 0 Å². The summed E-state index contributed by atoms with van der Waals surface area (Å²) in [6.45, 7) is -0.682. The Balaban J connectivity index is 2.32. The average Bonchev–Trinajstić information content (AvgIpc) is 2.53. The van der Waals surface area contributed by atoms with Gasteiger partial charge in [0.05, 0.1) is 23.6 Å². The first-order chi connectivity index (χ1) is 10.0. The highest BCUT2D eigenvalue weighted by Crippen LogP contribution is 2.40. The van der Waals surface area contributed by atoms with Crippen LogP contribution in [-0.2, 0) is 10.0 Å². The Kier molecular flexibility index (Phi) is 3.29. The lowest BCUT2D eigenvalue weighted by Crippen LogP contribution is -2.20. The molecule has 1 aliphatic heterocycles. The lowest BCUT2D eigenvalue weighted by atomic mass is 10.2. The summed E-state index contributed by atoms with van der Waals surface area (Å²) in [5, 5.41) is 0. The van der Waals surface area contributed by atoms with Crippen LogP contribution in [0.1, 0.15) is 0 Å². The lowest BCUT2D eigenvalue weighted by molar-refractivity contribution is 0.501. The molecule has 3 rings (SSSR count). The van der Waals surface area contributed by atoms with Crippen LogP contribution in [0.4, 0.5) is 25.8 Å². The average molecular weight is 310 g/mol. The van der Waals surface area contributed by atoms with Crippen molar-refractivity contribution in [3.8, 4) is 0 Å². The summed E-state index contributed by atoms with van der Waals surface area (Å²) in [6, 6.07) is 10.1. The van der Waals surface area contributed by atoms with Crippen LogP contribution < -0.4 is 9.62 Å². The lowest BCUT2D eigenvalue weighted by Gasteiger charge is -2.24. The molecule has 0 bridgehead atoms. The van der Waals surface area contributed by atoms with E-state index in [4.69, 9.17) is 0 Å². The Morgan fingerprint density at radius 1 is 1.10 bits per heavy atom. The van der Waals surface area contributed by atoms with E-state index in [1.54, 1.807) is 24.3 Å². The summed E-state index contributed by atoms with van der Waals surface area (Å²) >= 11 is 0. The van der Waals surface area contributed by atoms with E-state index in [9.17, 15) is 17.2 Å². The molecule has 0 amide bonds. The fraction of sp³-hybridized carbons (Fsp3) is 0.143. The Morgan fingerprint density at radius 2 is 1.86 bits per heavy atom. The highest BCUT2D eigenvalue weighted by Gasteiger charge is 2.29. The van der Waals surface area contributed by atoms with Gasteiger partial charge in [0.25, 0.3) is 10.0 Å². The van der Waals surface area contributed by atoms with Gasteiger partial charge in [-0.25, -0.2) is 17.2 Å². The summed E-state index contributed by atoms with van der Waals surface area (Å²) in [6.07, 6.45) is 0. The first kappa shape index (κ1) is 13.8. The summed E-state index contributed by atoms with van der Waals surface area (Å²) in [4.78, 5) is 1.33. The van der Waals surface area contributed by atoms with E-state index in [1.807, 2.05) is 0 Å². The maximum atomic E-state index is 13.4. The second-order valence-electron chi connectivity index (χ2n) is 4.58. The normalized spacial score (nSPS) is 15.6. The molecule has 2 aromatic rings. The number of para-hydroxylation sites is 2. The Labute approximate surface area is 121 Å². The third-order valence-corrected chi connectivity index (χ3v) is 4.64. The molecular weight excluding hydrogens is 298 g/mol. The highest BCUT2D eigenvalue weighted by molar-refractivity contribution is 7.93. The van der Waals surface area contributed by atoms with E-state index in [2.05, 4.69) is 4.72 Å². The van der Waals surface area contributed by atoms with Crippen LogP contribution in [-0.4, -0.2) is 21.6 Å². The molecule has 1 heterocycles. The SMILES string of the molecule is O=S1(=O)Nc2ccccc2N(CCF)c2ccc(F)cc21.